The van der Waals surface area contributed by atoms with Crippen LogP contribution in [0.15, 0.2) is 23.3 Å². The molecule has 0 saturated heterocycles. The highest BCUT2D eigenvalue weighted by molar-refractivity contribution is 5.26. The van der Waals surface area contributed by atoms with Gasteiger partial charge in [0, 0.05) is 0 Å². The average molecular weight is 401 g/mol. The fourth-order valence-electron chi connectivity index (χ4n) is 8.36. The van der Waals surface area contributed by atoms with Crippen LogP contribution in [-0.4, -0.2) is 21.9 Å². The minimum Gasteiger partial charge on any atom is -0.393 e. The minimum atomic E-state index is -0.508. The van der Waals surface area contributed by atoms with Gasteiger partial charge in [0.05, 0.1) is 11.7 Å². The maximum atomic E-state index is 12.0. The Balaban J connectivity index is 1.56. The fourth-order valence-corrected chi connectivity index (χ4v) is 8.36. The number of hydrogen-bond acceptors (Lipinski definition) is 2. The summed E-state index contributed by atoms with van der Waals surface area (Å²) >= 11 is 0. The Hall–Kier alpha value is -0.600. The van der Waals surface area contributed by atoms with Gasteiger partial charge in [0.25, 0.3) is 0 Å². The van der Waals surface area contributed by atoms with E-state index in [1.807, 2.05) is 0 Å². The molecule has 2 N–H and O–H groups in total. The van der Waals surface area contributed by atoms with Crippen LogP contribution in [0, 0.1) is 34.5 Å². The van der Waals surface area contributed by atoms with E-state index < -0.39 is 5.60 Å². The first kappa shape index (κ1) is 21.6. The van der Waals surface area contributed by atoms with Crippen molar-refractivity contribution >= 4 is 0 Å². The van der Waals surface area contributed by atoms with Crippen LogP contribution in [0.5, 0.6) is 0 Å². The topological polar surface area (TPSA) is 40.5 Å². The van der Waals surface area contributed by atoms with Gasteiger partial charge in [0.1, 0.15) is 0 Å². The first-order valence-corrected chi connectivity index (χ1v) is 12.3. The van der Waals surface area contributed by atoms with E-state index in [2.05, 4.69) is 46.8 Å². The van der Waals surface area contributed by atoms with Crippen LogP contribution >= 0.6 is 0 Å². The molecular weight excluding hydrogens is 356 g/mol. The van der Waals surface area contributed by atoms with Crippen molar-refractivity contribution in [3.63, 3.8) is 0 Å². The number of aliphatic hydroxyl groups is 2. The van der Waals surface area contributed by atoms with Gasteiger partial charge in [-0.05, 0) is 113 Å². The summed E-state index contributed by atoms with van der Waals surface area (Å²) in [4.78, 5) is 0. The zero-order valence-corrected chi connectivity index (χ0v) is 19.5. The minimum absolute atomic E-state index is 0.0639. The standard InChI is InChI=1S/C27H44O2/c1-18(2)7-6-8-19(3)27(29)16-13-24-22-10-9-20-17-21(28)11-14-25(20,4)23(22)12-15-26(24,27)5/h7,9,19,21-24,28-29H,6,8,10-17H2,1-5H3/t19-,21+,22-,23+,24+,25+,26+,27-/m1/s1. The van der Waals surface area contributed by atoms with E-state index in [4.69, 9.17) is 0 Å². The molecule has 164 valence electrons. The Morgan fingerprint density at radius 2 is 1.86 bits per heavy atom. The Morgan fingerprint density at radius 3 is 2.59 bits per heavy atom. The van der Waals surface area contributed by atoms with Crippen LogP contribution in [0.2, 0.25) is 0 Å². The number of allylic oxidation sites excluding steroid dienone is 3. The summed E-state index contributed by atoms with van der Waals surface area (Å²) in [7, 11) is 0. The van der Waals surface area contributed by atoms with Gasteiger partial charge in [-0.1, -0.05) is 44.1 Å². The van der Waals surface area contributed by atoms with E-state index in [1.165, 1.54) is 31.3 Å². The summed E-state index contributed by atoms with van der Waals surface area (Å²) < 4.78 is 0. The second-order valence-corrected chi connectivity index (χ2v) is 11.8. The van der Waals surface area contributed by atoms with Gasteiger partial charge < -0.3 is 10.2 Å². The zero-order chi connectivity index (χ0) is 21.0. The SMILES string of the molecule is CC(C)=CCC[C@@H](C)[C@]1(O)CC[C@H]2[C@@H]3CC=C4C[C@@H](O)CC[C@]4(C)[C@H]3CC[C@@]21C. The molecule has 4 aliphatic rings. The predicted octanol–water partition coefficient (Wildman–Crippen LogP) is 6.42. The Kier molecular flexibility index (Phi) is 5.61. The highest BCUT2D eigenvalue weighted by Crippen LogP contribution is 2.68. The number of fused-ring (bicyclic) bond motifs is 5. The number of aliphatic hydroxyl groups excluding tert-OH is 1. The normalized spacial score (nSPS) is 47.5. The van der Waals surface area contributed by atoms with Gasteiger partial charge in [0.15, 0.2) is 0 Å². The summed E-state index contributed by atoms with van der Waals surface area (Å²) in [5.74, 6) is 2.48. The lowest BCUT2D eigenvalue weighted by atomic mass is 9.46. The average Bonchev–Trinajstić information content (AvgIpc) is 2.94. The molecule has 0 amide bonds. The van der Waals surface area contributed by atoms with Crippen LogP contribution < -0.4 is 0 Å². The predicted molar refractivity (Wildman–Crippen MR) is 120 cm³/mol. The lowest BCUT2D eigenvalue weighted by Crippen LogP contribution is -2.56. The third kappa shape index (κ3) is 3.28. The maximum absolute atomic E-state index is 12.0. The highest BCUT2D eigenvalue weighted by atomic mass is 16.3. The van der Waals surface area contributed by atoms with Gasteiger partial charge in [-0.15, -0.1) is 0 Å². The summed E-state index contributed by atoms with van der Waals surface area (Å²) in [6.45, 7) is 11.6. The van der Waals surface area contributed by atoms with Crippen LogP contribution in [0.25, 0.3) is 0 Å². The molecule has 2 heteroatoms. The van der Waals surface area contributed by atoms with E-state index in [1.54, 1.807) is 5.57 Å². The van der Waals surface area contributed by atoms with Gasteiger partial charge in [0.2, 0.25) is 0 Å². The van der Waals surface area contributed by atoms with Crippen molar-refractivity contribution in [3.8, 4) is 0 Å². The molecule has 0 aromatic rings. The van der Waals surface area contributed by atoms with E-state index in [-0.39, 0.29) is 11.5 Å². The number of rotatable bonds is 4. The van der Waals surface area contributed by atoms with Crippen molar-refractivity contribution in [2.75, 3.05) is 0 Å². The molecule has 8 atom stereocenters. The molecule has 4 aliphatic carbocycles. The summed E-state index contributed by atoms with van der Waals surface area (Å²) in [6.07, 6.45) is 15.7. The van der Waals surface area contributed by atoms with E-state index >= 15 is 0 Å². The molecule has 2 nitrogen and oxygen atoms in total. The van der Waals surface area contributed by atoms with Gasteiger partial charge in [-0.25, -0.2) is 0 Å². The van der Waals surface area contributed by atoms with Gasteiger partial charge in [-0.2, -0.15) is 0 Å². The molecule has 0 aromatic carbocycles. The molecule has 0 bridgehead atoms. The Morgan fingerprint density at radius 1 is 1.14 bits per heavy atom. The molecule has 0 heterocycles. The maximum Gasteiger partial charge on any atom is 0.0729 e. The van der Waals surface area contributed by atoms with Crippen LogP contribution in [0.3, 0.4) is 0 Å². The molecule has 3 fully saturated rings. The second kappa shape index (κ2) is 7.52. The third-order valence-corrected chi connectivity index (χ3v) is 10.3. The van der Waals surface area contributed by atoms with Crippen molar-refractivity contribution < 1.29 is 10.2 Å². The van der Waals surface area contributed by atoms with Crippen molar-refractivity contribution in [1.29, 1.82) is 0 Å². The van der Waals surface area contributed by atoms with Crippen LogP contribution in [0.4, 0.5) is 0 Å². The Bertz CT molecular complexity index is 689. The molecule has 0 aliphatic heterocycles. The molecule has 4 rings (SSSR count). The highest BCUT2D eigenvalue weighted by Gasteiger charge is 2.64. The summed E-state index contributed by atoms with van der Waals surface area (Å²) in [5, 5.41) is 22.2. The molecule has 0 aromatic heterocycles. The summed E-state index contributed by atoms with van der Waals surface area (Å²) in [6, 6.07) is 0. The molecule has 3 saturated carbocycles. The lowest BCUT2D eigenvalue weighted by molar-refractivity contribution is -0.150. The monoisotopic (exact) mass is 400 g/mol. The van der Waals surface area contributed by atoms with E-state index in [9.17, 15) is 10.2 Å². The molecular formula is C27H44O2. The molecule has 0 radical (unpaired) electrons. The van der Waals surface area contributed by atoms with Crippen molar-refractivity contribution in [2.24, 2.45) is 34.5 Å². The first-order chi connectivity index (χ1) is 13.6. The quantitative estimate of drug-likeness (QED) is 0.534. The number of hydrogen-bond donors (Lipinski definition) is 2. The smallest absolute Gasteiger partial charge is 0.0729 e. The van der Waals surface area contributed by atoms with Crippen LogP contribution in [-0.2, 0) is 0 Å². The fraction of sp³-hybridized carbons (Fsp3) is 0.852. The first-order valence-electron chi connectivity index (χ1n) is 12.3. The van der Waals surface area contributed by atoms with Crippen LogP contribution in [0.1, 0.15) is 98.8 Å². The summed E-state index contributed by atoms with van der Waals surface area (Å²) in [5.41, 5.74) is 2.78. The van der Waals surface area contributed by atoms with E-state index in [0.29, 0.717) is 17.3 Å². The van der Waals surface area contributed by atoms with Gasteiger partial charge in [-0.3, -0.25) is 0 Å². The zero-order valence-electron chi connectivity index (χ0n) is 19.5. The van der Waals surface area contributed by atoms with Gasteiger partial charge >= 0.3 is 0 Å². The lowest BCUT2D eigenvalue weighted by Gasteiger charge is -2.59. The van der Waals surface area contributed by atoms with Crippen molar-refractivity contribution in [2.45, 2.75) is 111 Å². The van der Waals surface area contributed by atoms with Crippen molar-refractivity contribution in [1.82, 2.24) is 0 Å². The second-order valence-electron chi connectivity index (χ2n) is 11.8. The molecule has 29 heavy (non-hydrogen) atoms. The Labute approximate surface area is 178 Å². The van der Waals surface area contributed by atoms with Crippen molar-refractivity contribution in [3.05, 3.63) is 23.3 Å². The molecule has 0 unspecified atom stereocenters. The van der Waals surface area contributed by atoms with E-state index in [0.717, 1.165) is 50.4 Å². The third-order valence-electron chi connectivity index (χ3n) is 10.3. The largest absolute Gasteiger partial charge is 0.393 e. The molecule has 0 spiro atoms.